The summed E-state index contributed by atoms with van der Waals surface area (Å²) in [6.45, 7) is 0. The molecule has 0 saturated heterocycles. The van der Waals surface area contributed by atoms with E-state index < -0.39 is 0 Å². The average molecular weight is 320 g/mol. The van der Waals surface area contributed by atoms with Crippen LogP contribution in [0.15, 0.2) is 48.5 Å². The molecular formula is C20H20N2S. The Morgan fingerprint density at radius 3 is 1.57 bits per heavy atom. The van der Waals surface area contributed by atoms with Gasteiger partial charge in [-0.15, -0.1) is 0 Å². The molecule has 2 rings (SSSR count). The molecule has 0 atom stereocenters. The van der Waals surface area contributed by atoms with E-state index >= 15 is 0 Å². The molecule has 0 aromatic heterocycles. The van der Waals surface area contributed by atoms with E-state index in [1.807, 2.05) is 60.3 Å². The third-order valence-corrected chi connectivity index (χ3v) is 4.90. The zero-order chi connectivity index (χ0) is 16.3. The molecule has 0 radical (unpaired) electrons. The predicted molar refractivity (Wildman–Crippen MR) is 96.3 cm³/mol. The number of aryl methyl sites for hydroxylation is 2. The number of rotatable bonds is 8. The van der Waals surface area contributed by atoms with Gasteiger partial charge in [0.05, 0.1) is 23.3 Å². The molecule has 23 heavy (non-hydrogen) atoms. The van der Waals surface area contributed by atoms with Gasteiger partial charge in [0.2, 0.25) is 0 Å². The fraction of sp³-hybridized carbons (Fsp3) is 0.300. The van der Waals surface area contributed by atoms with E-state index in [1.165, 1.54) is 0 Å². The fourth-order valence-corrected chi connectivity index (χ4v) is 3.43. The average Bonchev–Trinajstić information content (AvgIpc) is 2.61. The van der Waals surface area contributed by atoms with E-state index in [2.05, 4.69) is 12.1 Å². The summed E-state index contributed by atoms with van der Waals surface area (Å²) < 4.78 is 0. The lowest BCUT2D eigenvalue weighted by atomic mass is 10.0. The SMILES string of the molecule is N#Cc1ccccc1CCCSCCCc1ccccc1C#N. The van der Waals surface area contributed by atoms with Crippen molar-refractivity contribution in [1.29, 1.82) is 10.5 Å². The Labute approximate surface area is 142 Å². The van der Waals surface area contributed by atoms with Crippen LogP contribution in [0.4, 0.5) is 0 Å². The third-order valence-electron chi connectivity index (χ3n) is 3.75. The molecule has 2 aromatic carbocycles. The minimum absolute atomic E-state index is 0.797. The molecule has 0 heterocycles. The largest absolute Gasteiger partial charge is 0.192 e. The molecule has 0 amide bonds. The van der Waals surface area contributed by atoms with Crippen molar-refractivity contribution >= 4 is 11.8 Å². The highest BCUT2D eigenvalue weighted by atomic mass is 32.2. The monoisotopic (exact) mass is 320 g/mol. The zero-order valence-corrected chi connectivity index (χ0v) is 14.0. The lowest BCUT2D eigenvalue weighted by Gasteiger charge is -2.05. The number of nitrogens with zero attached hydrogens (tertiary/aromatic N) is 2. The molecule has 0 unspecified atom stereocenters. The molecule has 0 spiro atoms. The number of nitriles is 2. The fourth-order valence-electron chi connectivity index (χ4n) is 2.53. The maximum atomic E-state index is 9.06. The van der Waals surface area contributed by atoms with Crippen LogP contribution in [0, 0.1) is 22.7 Å². The molecule has 0 bridgehead atoms. The smallest absolute Gasteiger partial charge is 0.0994 e. The van der Waals surface area contributed by atoms with E-state index in [1.54, 1.807) is 0 Å². The number of thioether (sulfide) groups is 1. The van der Waals surface area contributed by atoms with Crippen molar-refractivity contribution in [3.63, 3.8) is 0 Å². The molecule has 116 valence electrons. The van der Waals surface area contributed by atoms with Gasteiger partial charge in [0.15, 0.2) is 0 Å². The van der Waals surface area contributed by atoms with Gasteiger partial charge in [-0.3, -0.25) is 0 Å². The molecule has 0 aliphatic heterocycles. The summed E-state index contributed by atoms with van der Waals surface area (Å²) >= 11 is 1.95. The summed E-state index contributed by atoms with van der Waals surface area (Å²) in [6, 6.07) is 20.2. The molecule has 2 nitrogen and oxygen atoms in total. The summed E-state index contributed by atoms with van der Waals surface area (Å²) in [4.78, 5) is 0. The first-order valence-corrected chi connectivity index (χ1v) is 9.04. The van der Waals surface area contributed by atoms with Gasteiger partial charge in [-0.25, -0.2) is 0 Å². The van der Waals surface area contributed by atoms with Gasteiger partial charge in [0.25, 0.3) is 0 Å². The molecule has 0 N–H and O–H groups in total. The normalized spacial score (nSPS) is 10.0. The molecule has 0 aliphatic carbocycles. The lowest BCUT2D eigenvalue weighted by Crippen LogP contribution is -1.94. The predicted octanol–water partition coefficient (Wildman–Crippen LogP) is 4.73. The first-order chi connectivity index (χ1) is 11.3. The molecule has 2 aromatic rings. The second kappa shape index (κ2) is 9.72. The van der Waals surface area contributed by atoms with Gasteiger partial charge in [-0.1, -0.05) is 36.4 Å². The summed E-state index contributed by atoms with van der Waals surface area (Å²) in [5, 5.41) is 18.1. The minimum atomic E-state index is 0.797. The summed E-state index contributed by atoms with van der Waals surface area (Å²) in [5.74, 6) is 2.22. The van der Waals surface area contributed by atoms with Crippen LogP contribution >= 0.6 is 11.8 Å². The van der Waals surface area contributed by atoms with Crippen LogP contribution < -0.4 is 0 Å². The van der Waals surface area contributed by atoms with Crippen LogP contribution in [0.2, 0.25) is 0 Å². The van der Waals surface area contributed by atoms with E-state index in [9.17, 15) is 0 Å². The molecule has 0 saturated carbocycles. The number of hydrogen-bond acceptors (Lipinski definition) is 3. The van der Waals surface area contributed by atoms with Crippen LogP contribution in [0.3, 0.4) is 0 Å². The van der Waals surface area contributed by atoms with Crippen molar-refractivity contribution in [2.45, 2.75) is 25.7 Å². The van der Waals surface area contributed by atoms with Crippen LogP contribution in [-0.2, 0) is 12.8 Å². The highest BCUT2D eigenvalue weighted by Crippen LogP contribution is 2.15. The summed E-state index contributed by atoms with van der Waals surface area (Å²) in [6.07, 6.45) is 4.12. The Kier molecular flexibility index (Phi) is 7.24. The summed E-state index contributed by atoms with van der Waals surface area (Å²) in [5.41, 5.74) is 3.90. The quantitative estimate of drug-likeness (QED) is 0.661. The second-order valence-electron chi connectivity index (χ2n) is 5.36. The van der Waals surface area contributed by atoms with Gasteiger partial charge in [0.1, 0.15) is 0 Å². The molecule has 3 heteroatoms. The van der Waals surface area contributed by atoms with Gasteiger partial charge in [-0.05, 0) is 60.4 Å². The Balaban J connectivity index is 1.63. The van der Waals surface area contributed by atoms with Gasteiger partial charge in [-0.2, -0.15) is 22.3 Å². The van der Waals surface area contributed by atoms with Crippen LogP contribution in [0.25, 0.3) is 0 Å². The molecular weight excluding hydrogens is 300 g/mol. The number of benzene rings is 2. The van der Waals surface area contributed by atoms with Crippen molar-refractivity contribution in [3.05, 3.63) is 70.8 Å². The molecule has 0 aliphatic rings. The Hall–Kier alpha value is -2.23. The first kappa shape index (κ1) is 17.1. The van der Waals surface area contributed by atoms with E-state index in [0.29, 0.717) is 0 Å². The van der Waals surface area contributed by atoms with Crippen LogP contribution in [0.5, 0.6) is 0 Å². The van der Waals surface area contributed by atoms with Crippen molar-refractivity contribution in [3.8, 4) is 12.1 Å². The van der Waals surface area contributed by atoms with E-state index in [-0.39, 0.29) is 0 Å². The van der Waals surface area contributed by atoms with E-state index in [4.69, 9.17) is 10.5 Å². The van der Waals surface area contributed by atoms with Crippen molar-refractivity contribution in [1.82, 2.24) is 0 Å². The van der Waals surface area contributed by atoms with E-state index in [0.717, 1.165) is 59.4 Å². The lowest BCUT2D eigenvalue weighted by molar-refractivity contribution is 0.911. The minimum Gasteiger partial charge on any atom is -0.192 e. The van der Waals surface area contributed by atoms with Crippen LogP contribution in [0.1, 0.15) is 35.1 Å². The topological polar surface area (TPSA) is 47.6 Å². The third kappa shape index (κ3) is 5.47. The number of hydrogen-bond donors (Lipinski definition) is 0. The first-order valence-electron chi connectivity index (χ1n) is 7.89. The van der Waals surface area contributed by atoms with Crippen molar-refractivity contribution in [2.24, 2.45) is 0 Å². The highest BCUT2D eigenvalue weighted by molar-refractivity contribution is 7.99. The van der Waals surface area contributed by atoms with Gasteiger partial charge < -0.3 is 0 Å². The summed E-state index contributed by atoms with van der Waals surface area (Å²) in [7, 11) is 0. The highest BCUT2D eigenvalue weighted by Gasteiger charge is 2.02. The van der Waals surface area contributed by atoms with Crippen LogP contribution in [-0.4, -0.2) is 11.5 Å². The standard InChI is InChI=1S/C20H20N2S/c21-15-19-9-3-1-7-17(19)11-5-13-23-14-6-12-18-8-2-4-10-20(18)16-22/h1-4,7-10H,5-6,11-14H2. The zero-order valence-electron chi connectivity index (χ0n) is 13.2. The van der Waals surface area contributed by atoms with Crippen molar-refractivity contribution < 1.29 is 0 Å². The Morgan fingerprint density at radius 1 is 0.696 bits per heavy atom. The maximum absolute atomic E-state index is 9.06. The van der Waals surface area contributed by atoms with Crippen molar-refractivity contribution in [2.75, 3.05) is 11.5 Å². The van der Waals surface area contributed by atoms with Gasteiger partial charge >= 0.3 is 0 Å². The Morgan fingerprint density at radius 2 is 1.13 bits per heavy atom. The second-order valence-corrected chi connectivity index (χ2v) is 6.58. The van der Waals surface area contributed by atoms with Gasteiger partial charge in [0, 0.05) is 0 Å². The molecule has 0 fully saturated rings. The maximum Gasteiger partial charge on any atom is 0.0994 e. The Bertz CT molecular complexity index is 649.